The number of nitrogens with one attached hydrogen (secondary N) is 2. The van der Waals surface area contributed by atoms with Gasteiger partial charge in [0.15, 0.2) is 5.82 Å². The second-order valence-electron chi connectivity index (χ2n) is 9.93. The second kappa shape index (κ2) is 13.2. The fourth-order valence-corrected chi connectivity index (χ4v) is 5.37. The number of rotatable bonds is 10. The molecule has 0 bridgehead atoms. The van der Waals surface area contributed by atoms with Crippen LogP contribution in [0, 0.1) is 27.9 Å². The quantitative estimate of drug-likeness (QED) is 0.377. The molecule has 2 amide bonds. The maximum Gasteiger partial charge on any atom is 0.324 e. The van der Waals surface area contributed by atoms with Crippen LogP contribution in [0.1, 0.15) is 57.8 Å². The Morgan fingerprint density at radius 3 is 2.18 bits per heavy atom. The van der Waals surface area contributed by atoms with Crippen molar-refractivity contribution in [3.8, 4) is 0 Å². The van der Waals surface area contributed by atoms with Crippen molar-refractivity contribution < 1.29 is 9.72 Å². The van der Waals surface area contributed by atoms with Gasteiger partial charge in [-0.2, -0.15) is 0 Å². The van der Waals surface area contributed by atoms with Crippen molar-refractivity contribution in [1.82, 2.24) is 15.5 Å². The SMILES string of the molecule is CN/C(=C/[N+](=O)[O-])NCC1CCC(CN(CC2CCCCC2)C(=O)N(C)c2ccccc2)CC1. The topological polar surface area (TPSA) is 90.7 Å². The molecule has 0 aromatic heterocycles. The largest absolute Gasteiger partial charge is 0.370 e. The predicted octanol–water partition coefficient (Wildman–Crippen LogP) is 4.82. The molecule has 0 radical (unpaired) electrons. The maximum atomic E-state index is 13.5. The number of carbonyl (C=O) groups is 1. The van der Waals surface area contributed by atoms with Crippen molar-refractivity contribution in [3.63, 3.8) is 0 Å². The summed E-state index contributed by atoms with van der Waals surface area (Å²) in [7, 11) is 3.56. The summed E-state index contributed by atoms with van der Waals surface area (Å²) < 4.78 is 0. The van der Waals surface area contributed by atoms with E-state index in [9.17, 15) is 14.9 Å². The van der Waals surface area contributed by atoms with Gasteiger partial charge in [0.25, 0.3) is 6.20 Å². The smallest absolute Gasteiger partial charge is 0.324 e. The first kappa shape index (κ1) is 25.8. The molecular formula is C26H41N5O3. The normalized spacial score (nSPS) is 21.5. The van der Waals surface area contributed by atoms with Gasteiger partial charge in [-0.05, 0) is 68.4 Å². The van der Waals surface area contributed by atoms with Crippen molar-refractivity contribution in [2.24, 2.45) is 17.8 Å². The van der Waals surface area contributed by atoms with Crippen LogP contribution < -0.4 is 15.5 Å². The van der Waals surface area contributed by atoms with E-state index >= 15 is 0 Å². The molecule has 2 aliphatic carbocycles. The maximum absolute atomic E-state index is 13.5. The number of nitro groups is 1. The van der Waals surface area contributed by atoms with Gasteiger partial charge in [0.1, 0.15) is 0 Å². The van der Waals surface area contributed by atoms with Crippen molar-refractivity contribution in [2.75, 3.05) is 38.6 Å². The van der Waals surface area contributed by atoms with Gasteiger partial charge in [0.2, 0.25) is 0 Å². The Kier molecular flexibility index (Phi) is 10.0. The first-order chi connectivity index (χ1) is 16.5. The van der Waals surface area contributed by atoms with E-state index in [0.717, 1.165) is 57.2 Å². The van der Waals surface area contributed by atoms with Gasteiger partial charge in [-0.25, -0.2) is 4.79 Å². The molecule has 0 atom stereocenters. The molecule has 2 aliphatic rings. The van der Waals surface area contributed by atoms with E-state index in [-0.39, 0.29) is 6.03 Å². The number of nitrogens with zero attached hydrogens (tertiary/aromatic N) is 3. The van der Waals surface area contributed by atoms with Gasteiger partial charge in [0, 0.05) is 39.4 Å². The van der Waals surface area contributed by atoms with Crippen LogP contribution in [0.15, 0.2) is 42.4 Å². The molecule has 2 N–H and O–H groups in total. The lowest BCUT2D eigenvalue weighted by molar-refractivity contribution is -0.404. The summed E-state index contributed by atoms with van der Waals surface area (Å²) in [5.41, 5.74) is 0.930. The molecule has 34 heavy (non-hydrogen) atoms. The molecule has 3 rings (SSSR count). The lowest BCUT2D eigenvalue weighted by atomic mass is 9.81. The summed E-state index contributed by atoms with van der Waals surface area (Å²) in [6.45, 7) is 2.40. The number of amides is 2. The van der Waals surface area contributed by atoms with Crippen LogP contribution in [0.3, 0.4) is 0 Å². The van der Waals surface area contributed by atoms with Crippen molar-refractivity contribution in [2.45, 2.75) is 57.8 Å². The van der Waals surface area contributed by atoms with Crippen molar-refractivity contribution in [3.05, 3.63) is 52.5 Å². The first-order valence-corrected chi connectivity index (χ1v) is 12.8. The van der Waals surface area contributed by atoms with E-state index in [4.69, 9.17) is 0 Å². The van der Waals surface area contributed by atoms with Gasteiger partial charge in [-0.1, -0.05) is 37.5 Å². The van der Waals surface area contributed by atoms with E-state index in [2.05, 4.69) is 15.5 Å². The minimum Gasteiger partial charge on any atom is -0.370 e. The molecule has 0 heterocycles. The Morgan fingerprint density at radius 1 is 1.00 bits per heavy atom. The average Bonchev–Trinajstić information content (AvgIpc) is 2.87. The average molecular weight is 472 g/mol. The van der Waals surface area contributed by atoms with E-state index < -0.39 is 4.92 Å². The molecular weight excluding hydrogens is 430 g/mol. The highest BCUT2D eigenvalue weighted by molar-refractivity contribution is 5.91. The Labute approximate surface area is 203 Å². The third-order valence-electron chi connectivity index (χ3n) is 7.43. The van der Waals surface area contributed by atoms with Gasteiger partial charge < -0.3 is 15.5 Å². The van der Waals surface area contributed by atoms with Gasteiger partial charge in [-0.15, -0.1) is 0 Å². The third kappa shape index (κ3) is 7.92. The van der Waals surface area contributed by atoms with Gasteiger partial charge in [0.05, 0.1) is 4.92 Å². The minimum absolute atomic E-state index is 0.101. The van der Waals surface area contributed by atoms with Crippen molar-refractivity contribution >= 4 is 11.7 Å². The van der Waals surface area contributed by atoms with Crippen LogP contribution in [0.4, 0.5) is 10.5 Å². The lowest BCUT2D eigenvalue weighted by Crippen LogP contribution is -2.46. The number of carbonyl (C=O) groups excluding carboxylic acids is 1. The van der Waals surface area contributed by atoms with E-state index in [1.165, 1.54) is 32.1 Å². The van der Waals surface area contributed by atoms with Crippen LogP contribution in [0.2, 0.25) is 0 Å². The van der Waals surface area contributed by atoms with Crippen LogP contribution in [-0.4, -0.2) is 49.6 Å². The molecule has 0 unspecified atom stereocenters. The lowest BCUT2D eigenvalue weighted by Gasteiger charge is -2.37. The molecule has 0 saturated heterocycles. The number of hydrogen-bond donors (Lipinski definition) is 2. The summed E-state index contributed by atoms with van der Waals surface area (Å²) >= 11 is 0. The molecule has 2 saturated carbocycles. The Morgan fingerprint density at radius 2 is 1.59 bits per heavy atom. The molecule has 0 spiro atoms. The second-order valence-corrected chi connectivity index (χ2v) is 9.93. The van der Waals surface area contributed by atoms with E-state index in [1.54, 1.807) is 11.9 Å². The van der Waals surface area contributed by atoms with Crippen LogP contribution in [0.5, 0.6) is 0 Å². The fraction of sp³-hybridized carbons (Fsp3) is 0.654. The van der Waals surface area contributed by atoms with Gasteiger partial charge >= 0.3 is 6.03 Å². The molecule has 1 aromatic carbocycles. The number of urea groups is 1. The number of hydrogen-bond acceptors (Lipinski definition) is 5. The summed E-state index contributed by atoms with van der Waals surface area (Å²) in [4.78, 5) is 27.7. The molecule has 8 heteroatoms. The number of benzene rings is 1. The van der Waals surface area contributed by atoms with Crippen LogP contribution in [0.25, 0.3) is 0 Å². The Balaban J connectivity index is 1.56. The summed E-state index contributed by atoms with van der Waals surface area (Å²) in [5.74, 6) is 2.05. The molecule has 0 aliphatic heterocycles. The monoisotopic (exact) mass is 471 g/mol. The number of anilines is 1. The molecule has 1 aromatic rings. The zero-order chi connectivity index (χ0) is 24.3. The van der Waals surface area contributed by atoms with E-state index in [1.807, 2.05) is 37.4 Å². The molecule has 2 fully saturated rings. The zero-order valence-electron chi connectivity index (χ0n) is 20.7. The molecule has 8 nitrogen and oxygen atoms in total. The minimum atomic E-state index is -0.444. The highest BCUT2D eigenvalue weighted by Crippen LogP contribution is 2.31. The first-order valence-electron chi connectivity index (χ1n) is 12.8. The highest BCUT2D eigenvalue weighted by atomic mass is 16.6. The number of para-hydroxylation sites is 1. The Bertz CT molecular complexity index is 802. The third-order valence-corrected chi connectivity index (χ3v) is 7.43. The van der Waals surface area contributed by atoms with Crippen LogP contribution >= 0.6 is 0 Å². The zero-order valence-corrected chi connectivity index (χ0v) is 20.7. The van der Waals surface area contributed by atoms with Crippen molar-refractivity contribution in [1.29, 1.82) is 0 Å². The summed E-state index contributed by atoms with van der Waals surface area (Å²) in [6, 6.07) is 10.00. The standard InChI is InChI=1S/C26H41N5O3/c1-27-25(20-31(33)34)28-17-21-13-15-23(16-14-21)19-30(18-22-9-5-3-6-10-22)26(32)29(2)24-11-7-4-8-12-24/h4,7-8,11-12,20-23,27-28H,3,5-6,9-10,13-19H2,1-2H3/b25-20-. The van der Waals surface area contributed by atoms with E-state index in [0.29, 0.717) is 23.6 Å². The Hall–Kier alpha value is -2.77. The molecule has 188 valence electrons. The van der Waals surface area contributed by atoms with Crippen LogP contribution in [-0.2, 0) is 0 Å². The summed E-state index contributed by atoms with van der Waals surface area (Å²) in [6.07, 6.45) is 11.6. The fourth-order valence-electron chi connectivity index (χ4n) is 5.37. The van der Waals surface area contributed by atoms with Gasteiger partial charge in [-0.3, -0.25) is 15.0 Å². The highest BCUT2D eigenvalue weighted by Gasteiger charge is 2.29. The predicted molar refractivity (Wildman–Crippen MR) is 136 cm³/mol. The summed E-state index contributed by atoms with van der Waals surface area (Å²) in [5, 5.41) is 16.7.